The first-order chi connectivity index (χ1) is 20.7. The molecule has 2 aliphatic rings. The molecule has 1 spiro atoms. The fraction of sp³-hybridized carbons (Fsp3) is 0.438. The molecule has 1 fully saturated rings. The molecular weight excluding hydrogens is 562 g/mol. The highest BCUT2D eigenvalue weighted by molar-refractivity contribution is 7.85. The molecule has 2 aromatic heterocycles. The van der Waals surface area contributed by atoms with E-state index in [0.29, 0.717) is 0 Å². The van der Waals surface area contributed by atoms with Gasteiger partial charge in [-0.2, -0.15) is 13.5 Å². The van der Waals surface area contributed by atoms with Crippen LogP contribution in [0.5, 0.6) is 0 Å². The van der Waals surface area contributed by atoms with E-state index < -0.39 is 10.1 Å². The predicted molar refractivity (Wildman–Crippen MR) is 168 cm³/mol. The number of benzene rings is 2. The van der Waals surface area contributed by atoms with Gasteiger partial charge in [0.05, 0.1) is 30.5 Å². The van der Waals surface area contributed by atoms with Crippen LogP contribution < -0.4 is 5.32 Å². The van der Waals surface area contributed by atoms with Gasteiger partial charge in [-0.1, -0.05) is 43.9 Å². The number of fused-ring (bicyclic) bond motifs is 4. The van der Waals surface area contributed by atoms with Gasteiger partial charge < -0.3 is 5.32 Å². The Kier molecular flexibility index (Phi) is 8.19. The molecule has 0 unspecified atom stereocenters. The summed E-state index contributed by atoms with van der Waals surface area (Å²) in [6.45, 7) is 3.20. The summed E-state index contributed by atoms with van der Waals surface area (Å²) in [4.78, 5) is 5.40. The quantitative estimate of drug-likeness (QED) is 0.158. The van der Waals surface area contributed by atoms with Crippen molar-refractivity contribution < 1.29 is 12.6 Å². The van der Waals surface area contributed by atoms with Gasteiger partial charge in [-0.3, -0.25) is 18.4 Å². The molecule has 0 saturated heterocycles. The van der Waals surface area contributed by atoms with E-state index in [2.05, 4.69) is 67.6 Å². The zero-order valence-corrected chi connectivity index (χ0v) is 25.9. The molecule has 11 heteroatoms. The van der Waals surface area contributed by atoms with E-state index in [1.807, 2.05) is 31.0 Å². The van der Waals surface area contributed by atoms with Crippen molar-refractivity contribution in [2.24, 2.45) is 12.0 Å². The fourth-order valence-electron chi connectivity index (χ4n) is 5.74. The van der Waals surface area contributed by atoms with Crippen molar-refractivity contribution >= 4 is 21.5 Å². The van der Waals surface area contributed by atoms with Crippen molar-refractivity contribution in [3.8, 4) is 16.8 Å². The lowest BCUT2D eigenvalue weighted by atomic mass is 9.96. The van der Waals surface area contributed by atoms with Crippen molar-refractivity contribution in [1.82, 2.24) is 24.5 Å². The summed E-state index contributed by atoms with van der Waals surface area (Å²) in [5, 5.41) is 17.0. The Morgan fingerprint density at radius 2 is 1.65 bits per heavy atom. The van der Waals surface area contributed by atoms with E-state index in [-0.39, 0.29) is 12.1 Å². The van der Waals surface area contributed by atoms with Gasteiger partial charge in [-0.05, 0) is 62.4 Å². The number of nitrogens with one attached hydrogen (secondary N) is 1. The van der Waals surface area contributed by atoms with Gasteiger partial charge in [0.1, 0.15) is 11.4 Å². The maximum atomic E-state index is 11.0. The summed E-state index contributed by atoms with van der Waals surface area (Å²) in [5.41, 5.74) is 7.11. The Hall–Kier alpha value is -3.83. The van der Waals surface area contributed by atoms with Gasteiger partial charge >= 0.3 is 0 Å². The summed E-state index contributed by atoms with van der Waals surface area (Å²) in [5.74, 6) is 1.80. The number of aromatic nitrogens is 5. The lowest BCUT2D eigenvalue weighted by Crippen LogP contribution is -2.11. The average molecular weight is 602 g/mol. The second kappa shape index (κ2) is 12.0. The van der Waals surface area contributed by atoms with Gasteiger partial charge in [-0.25, -0.2) is 0 Å². The number of hydrogen-bond donors (Lipinski definition) is 1. The monoisotopic (exact) mass is 601 g/mol. The van der Waals surface area contributed by atoms with Crippen LogP contribution in [0, 0.1) is 6.92 Å². The van der Waals surface area contributed by atoms with Crippen LogP contribution in [-0.4, -0.2) is 58.1 Å². The number of aryl methyl sites for hydroxylation is 2. The number of hydrogen-bond acceptors (Lipinski definition) is 8. The van der Waals surface area contributed by atoms with Crippen molar-refractivity contribution in [2.45, 2.75) is 63.8 Å². The van der Waals surface area contributed by atoms with Crippen LogP contribution in [0.2, 0.25) is 0 Å². The summed E-state index contributed by atoms with van der Waals surface area (Å²) in [7, 11) is -1.39. The van der Waals surface area contributed by atoms with Crippen LogP contribution in [0.3, 0.4) is 0 Å². The zero-order valence-electron chi connectivity index (χ0n) is 25.1. The third kappa shape index (κ3) is 6.57. The van der Waals surface area contributed by atoms with Crippen molar-refractivity contribution in [2.75, 3.05) is 24.7 Å². The number of unbranched alkanes of at least 4 members (excludes halogenated alkanes) is 5. The first-order valence-corrected chi connectivity index (χ1v) is 16.9. The van der Waals surface area contributed by atoms with Crippen LogP contribution in [0.1, 0.15) is 74.1 Å². The predicted octanol–water partition coefficient (Wildman–Crippen LogP) is 5.55. The Bertz CT molecular complexity index is 1730. The number of aliphatic imine (C=N–C) groups is 1. The second-order valence-electron chi connectivity index (χ2n) is 11.7. The SMILES string of the molecule is Cc1nnc2n1-c1ccc(-c3cnn(C)c3)cc1C(c1ccc(NCCCCCCCCOS(C)(=O)=O)cc1)=NC21CC1. The molecule has 1 aliphatic carbocycles. The third-order valence-electron chi connectivity index (χ3n) is 8.18. The molecule has 1 N–H and O–H groups in total. The molecule has 2 aromatic carbocycles. The molecule has 43 heavy (non-hydrogen) atoms. The fourth-order valence-corrected chi connectivity index (χ4v) is 6.16. The molecule has 3 heterocycles. The molecule has 4 aromatic rings. The standard InChI is InChI=1S/C32H39N7O3S/c1-23-36-37-31-32(16-17-32)35-30(28-20-25(12-15-29(28)39(23)31)26-21-34-38(2)22-26)24-10-13-27(14-11-24)33-18-8-6-4-5-7-9-19-42-43(3,40)41/h10-15,20-22,33H,4-9,16-19H2,1-3H3. The smallest absolute Gasteiger partial charge is 0.264 e. The van der Waals surface area contributed by atoms with Gasteiger partial charge in [-0.15, -0.1) is 10.2 Å². The number of rotatable bonds is 13. The van der Waals surface area contributed by atoms with Crippen molar-refractivity contribution in [3.63, 3.8) is 0 Å². The van der Waals surface area contributed by atoms with E-state index in [1.54, 1.807) is 0 Å². The Morgan fingerprint density at radius 3 is 2.35 bits per heavy atom. The van der Waals surface area contributed by atoms with Gasteiger partial charge in [0.2, 0.25) is 0 Å². The van der Waals surface area contributed by atoms with Crippen LogP contribution in [-0.2, 0) is 26.9 Å². The van der Waals surface area contributed by atoms with Gasteiger partial charge in [0, 0.05) is 42.2 Å². The highest BCUT2D eigenvalue weighted by atomic mass is 32.2. The Labute approximate surface area is 253 Å². The van der Waals surface area contributed by atoms with Crippen molar-refractivity contribution in [3.05, 3.63) is 77.6 Å². The molecule has 10 nitrogen and oxygen atoms in total. The summed E-state index contributed by atoms with van der Waals surface area (Å²) in [6, 6.07) is 15.1. The van der Waals surface area contributed by atoms with Crippen molar-refractivity contribution in [1.29, 1.82) is 0 Å². The van der Waals surface area contributed by atoms with Gasteiger partial charge in [0.25, 0.3) is 10.1 Å². The Morgan fingerprint density at radius 1 is 0.930 bits per heavy atom. The minimum absolute atomic E-state index is 0.280. The summed E-state index contributed by atoms with van der Waals surface area (Å²) in [6.07, 6.45) is 13.1. The van der Waals surface area contributed by atoms with E-state index >= 15 is 0 Å². The first kappa shape index (κ1) is 29.3. The van der Waals surface area contributed by atoms with Crippen LogP contribution in [0.25, 0.3) is 16.8 Å². The minimum atomic E-state index is -3.33. The average Bonchev–Trinajstić information content (AvgIpc) is 3.50. The normalized spacial score (nSPS) is 15.1. The Balaban J connectivity index is 1.14. The molecule has 0 atom stereocenters. The van der Waals surface area contributed by atoms with E-state index in [0.717, 1.165) is 115 Å². The maximum absolute atomic E-state index is 11.0. The number of anilines is 1. The topological polar surface area (TPSA) is 116 Å². The number of nitrogens with zero attached hydrogens (tertiary/aromatic N) is 6. The highest BCUT2D eigenvalue weighted by Crippen LogP contribution is 2.51. The molecule has 226 valence electrons. The summed E-state index contributed by atoms with van der Waals surface area (Å²) < 4.78 is 30.8. The highest BCUT2D eigenvalue weighted by Gasteiger charge is 2.51. The molecule has 1 aliphatic heterocycles. The molecule has 1 saturated carbocycles. The maximum Gasteiger partial charge on any atom is 0.264 e. The largest absolute Gasteiger partial charge is 0.385 e. The summed E-state index contributed by atoms with van der Waals surface area (Å²) >= 11 is 0. The molecule has 0 bridgehead atoms. The molecule has 6 rings (SSSR count). The van der Waals surface area contributed by atoms with Crippen LogP contribution >= 0.6 is 0 Å². The molecule has 0 amide bonds. The lowest BCUT2D eigenvalue weighted by molar-refractivity contribution is 0.309. The van der Waals surface area contributed by atoms with Gasteiger partial charge in [0.15, 0.2) is 5.82 Å². The van der Waals surface area contributed by atoms with Crippen LogP contribution in [0.4, 0.5) is 5.69 Å². The minimum Gasteiger partial charge on any atom is -0.385 e. The third-order valence-corrected chi connectivity index (χ3v) is 8.77. The van der Waals surface area contributed by atoms with E-state index in [9.17, 15) is 8.42 Å². The molecule has 0 radical (unpaired) electrons. The van der Waals surface area contributed by atoms with E-state index in [4.69, 9.17) is 9.18 Å². The zero-order chi connectivity index (χ0) is 30.0. The molecular formula is C32H39N7O3S. The van der Waals surface area contributed by atoms with E-state index in [1.165, 1.54) is 0 Å². The van der Waals surface area contributed by atoms with Crippen LogP contribution in [0.15, 0.2) is 59.9 Å². The first-order valence-electron chi connectivity index (χ1n) is 15.1. The second-order valence-corrected chi connectivity index (χ2v) is 13.3. The lowest BCUT2D eigenvalue weighted by Gasteiger charge is -2.14.